The molecule has 0 aliphatic heterocycles. The SMILES string of the molecule is C=C(C)C(=O)OCC[N+](CC)(CC)CCCS(=O)(=O)O.[OH-]. The van der Waals surface area contributed by atoms with E-state index in [1.807, 2.05) is 13.8 Å². The van der Waals surface area contributed by atoms with E-state index in [1.54, 1.807) is 6.92 Å². The Kier molecular flexibility index (Phi) is 10.5. The van der Waals surface area contributed by atoms with Crippen LogP contribution < -0.4 is 0 Å². The van der Waals surface area contributed by atoms with Crippen LogP contribution in [0.25, 0.3) is 0 Å². The molecule has 0 heterocycles. The van der Waals surface area contributed by atoms with Gasteiger partial charge in [-0.15, -0.1) is 0 Å². The molecule has 0 aliphatic carbocycles. The van der Waals surface area contributed by atoms with Crippen molar-refractivity contribution < 1.29 is 32.5 Å². The van der Waals surface area contributed by atoms with Crippen molar-refractivity contribution in [3.8, 4) is 0 Å². The van der Waals surface area contributed by atoms with Crippen molar-refractivity contribution in [3.05, 3.63) is 12.2 Å². The molecule has 0 fully saturated rings. The molecule has 8 heteroatoms. The van der Waals surface area contributed by atoms with Crippen molar-refractivity contribution in [2.45, 2.75) is 27.2 Å². The number of hydrogen-bond donors (Lipinski definition) is 1. The lowest BCUT2D eigenvalue weighted by Crippen LogP contribution is -2.51. The number of likely N-dealkylation sites (N-methyl/N-ethyl adjacent to an activating group) is 1. The summed E-state index contributed by atoms with van der Waals surface area (Å²) in [6.45, 7) is 12.3. The standard InChI is InChI=1S/C13H25NO5S.H2O/c1-5-14(6-2,8-7-11-20(16,17)18)9-10-19-13(15)12(3)4;/h3,5-11H2,1-2,4H3;1H2. The molecular formula is C13H27NO6S. The van der Waals surface area contributed by atoms with Crippen LogP contribution >= 0.6 is 0 Å². The second kappa shape index (κ2) is 9.88. The zero-order valence-corrected chi connectivity index (χ0v) is 13.9. The summed E-state index contributed by atoms with van der Waals surface area (Å²) in [5.41, 5.74) is 0.363. The number of quaternary nitrogens is 1. The highest BCUT2D eigenvalue weighted by molar-refractivity contribution is 7.85. The average molecular weight is 325 g/mol. The number of carbonyl (C=O) groups excluding carboxylic acids is 1. The summed E-state index contributed by atoms with van der Waals surface area (Å²) < 4.78 is 36.0. The molecule has 0 rings (SSSR count). The van der Waals surface area contributed by atoms with E-state index in [2.05, 4.69) is 6.58 Å². The normalized spacial score (nSPS) is 11.6. The van der Waals surface area contributed by atoms with E-state index in [1.165, 1.54) is 0 Å². The van der Waals surface area contributed by atoms with Crippen molar-refractivity contribution >= 4 is 16.1 Å². The van der Waals surface area contributed by atoms with Crippen LogP contribution in [0, 0.1) is 0 Å². The molecule has 0 atom stereocenters. The number of carbonyl (C=O) groups is 1. The van der Waals surface area contributed by atoms with Gasteiger partial charge in [0.15, 0.2) is 0 Å². The second-order valence-electron chi connectivity index (χ2n) is 4.98. The van der Waals surface area contributed by atoms with E-state index in [9.17, 15) is 13.2 Å². The molecule has 126 valence electrons. The average Bonchev–Trinajstić information content (AvgIpc) is 2.35. The topological polar surface area (TPSA) is 111 Å². The Morgan fingerprint density at radius 2 is 1.76 bits per heavy atom. The molecular weight excluding hydrogens is 298 g/mol. The van der Waals surface area contributed by atoms with E-state index in [-0.39, 0.29) is 17.8 Å². The Bertz CT molecular complexity index is 428. The summed E-state index contributed by atoms with van der Waals surface area (Å²) in [7, 11) is -3.92. The van der Waals surface area contributed by atoms with Gasteiger partial charge in [0.2, 0.25) is 0 Å². The van der Waals surface area contributed by atoms with Crippen molar-refractivity contribution in [2.75, 3.05) is 38.5 Å². The predicted octanol–water partition coefficient (Wildman–Crippen LogP) is 1.06. The van der Waals surface area contributed by atoms with Crippen molar-refractivity contribution in [1.29, 1.82) is 0 Å². The summed E-state index contributed by atoms with van der Waals surface area (Å²) in [4.78, 5) is 11.3. The number of esters is 1. The van der Waals surface area contributed by atoms with Gasteiger partial charge in [-0.3, -0.25) is 4.55 Å². The molecule has 21 heavy (non-hydrogen) atoms. The number of hydrogen-bond acceptors (Lipinski definition) is 5. The molecule has 0 saturated heterocycles. The number of nitrogens with zero attached hydrogens (tertiary/aromatic N) is 1. The van der Waals surface area contributed by atoms with E-state index in [4.69, 9.17) is 9.29 Å². The third kappa shape index (κ3) is 9.57. The van der Waals surface area contributed by atoms with Crippen LogP contribution in [0.15, 0.2) is 12.2 Å². The Morgan fingerprint density at radius 1 is 1.24 bits per heavy atom. The smallest absolute Gasteiger partial charge is 0.333 e. The molecule has 0 aromatic carbocycles. The summed E-state index contributed by atoms with van der Waals surface area (Å²) in [5.74, 6) is -0.647. The lowest BCUT2D eigenvalue weighted by Gasteiger charge is -2.36. The Morgan fingerprint density at radius 3 is 2.14 bits per heavy atom. The number of ether oxygens (including phenoxy) is 1. The largest absolute Gasteiger partial charge is 0.870 e. The first-order valence-corrected chi connectivity index (χ1v) is 8.39. The minimum Gasteiger partial charge on any atom is -0.870 e. The lowest BCUT2D eigenvalue weighted by atomic mass is 10.3. The molecule has 0 saturated carbocycles. The Hall–Kier alpha value is -0.960. The molecule has 0 aromatic heterocycles. The third-order valence-corrected chi connectivity index (χ3v) is 4.33. The van der Waals surface area contributed by atoms with Gasteiger partial charge >= 0.3 is 5.97 Å². The maximum Gasteiger partial charge on any atom is 0.333 e. The van der Waals surface area contributed by atoms with Crippen LogP contribution in [-0.2, 0) is 19.6 Å². The van der Waals surface area contributed by atoms with Gasteiger partial charge in [0.1, 0.15) is 13.2 Å². The summed E-state index contributed by atoms with van der Waals surface area (Å²) in [6, 6.07) is 0. The highest BCUT2D eigenvalue weighted by Gasteiger charge is 2.24. The van der Waals surface area contributed by atoms with Gasteiger partial charge in [0, 0.05) is 12.0 Å². The zero-order valence-electron chi connectivity index (χ0n) is 13.0. The molecule has 7 nitrogen and oxygen atoms in total. The third-order valence-electron chi connectivity index (χ3n) is 3.52. The van der Waals surface area contributed by atoms with Gasteiger partial charge in [0.05, 0.1) is 25.4 Å². The van der Waals surface area contributed by atoms with Crippen molar-refractivity contribution in [2.24, 2.45) is 0 Å². The quantitative estimate of drug-likeness (QED) is 0.278. The van der Waals surface area contributed by atoms with Gasteiger partial charge in [-0.1, -0.05) is 6.58 Å². The first-order valence-electron chi connectivity index (χ1n) is 6.78. The van der Waals surface area contributed by atoms with Crippen LogP contribution in [-0.4, -0.2) is 67.4 Å². The summed E-state index contributed by atoms with van der Waals surface area (Å²) in [5, 5.41) is 0. The van der Waals surface area contributed by atoms with Crippen LogP contribution in [0.2, 0.25) is 0 Å². The van der Waals surface area contributed by atoms with E-state index < -0.39 is 16.1 Å². The van der Waals surface area contributed by atoms with Gasteiger partial charge < -0.3 is 14.7 Å². The zero-order chi connectivity index (χ0) is 15.8. The molecule has 0 spiro atoms. The monoisotopic (exact) mass is 325 g/mol. The van der Waals surface area contributed by atoms with Crippen LogP contribution in [0.3, 0.4) is 0 Å². The lowest BCUT2D eigenvalue weighted by molar-refractivity contribution is -0.925. The molecule has 0 aliphatic rings. The van der Waals surface area contributed by atoms with Crippen molar-refractivity contribution in [1.82, 2.24) is 0 Å². The van der Waals surface area contributed by atoms with E-state index in [0.29, 0.717) is 29.6 Å². The van der Waals surface area contributed by atoms with E-state index >= 15 is 0 Å². The Balaban J connectivity index is 0. The fraction of sp³-hybridized carbons (Fsp3) is 0.769. The Labute approximate surface area is 127 Å². The maximum atomic E-state index is 11.3. The fourth-order valence-electron chi connectivity index (χ4n) is 2.01. The highest BCUT2D eigenvalue weighted by Crippen LogP contribution is 2.09. The van der Waals surface area contributed by atoms with Gasteiger partial charge in [-0.2, -0.15) is 8.42 Å². The molecule has 2 N–H and O–H groups in total. The van der Waals surface area contributed by atoms with Crippen LogP contribution in [0.4, 0.5) is 0 Å². The summed E-state index contributed by atoms with van der Waals surface area (Å²) in [6.07, 6.45) is 0.384. The first kappa shape index (κ1) is 22.3. The first-order chi connectivity index (χ1) is 9.16. The van der Waals surface area contributed by atoms with Crippen LogP contribution in [0.1, 0.15) is 27.2 Å². The predicted molar refractivity (Wildman–Crippen MR) is 79.8 cm³/mol. The van der Waals surface area contributed by atoms with Crippen LogP contribution in [0.5, 0.6) is 0 Å². The molecule has 0 radical (unpaired) electrons. The molecule has 0 bridgehead atoms. The minimum absolute atomic E-state index is 0. The van der Waals surface area contributed by atoms with Crippen molar-refractivity contribution in [3.63, 3.8) is 0 Å². The second-order valence-corrected chi connectivity index (χ2v) is 6.55. The summed E-state index contributed by atoms with van der Waals surface area (Å²) >= 11 is 0. The molecule has 0 aromatic rings. The highest BCUT2D eigenvalue weighted by atomic mass is 32.2. The number of rotatable bonds is 10. The molecule has 0 unspecified atom stereocenters. The van der Waals surface area contributed by atoms with Gasteiger partial charge in [0.25, 0.3) is 10.1 Å². The fourth-order valence-corrected chi connectivity index (χ4v) is 2.50. The maximum absolute atomic E-state index is 11.3. The van der Waals surface area contributed by atoms with Gasteiger partial charge in [-0.25, -0.2) is 4.79 Å². The van der Waals surface area contributed by atoms with E-state index in [0.717, 1.165) is 13.1 Å². The molecule has 0 amide bonds. The van der Waals surface area contributed by atoms with Gasteiger partial charge in [-0.05, 0) is 20.8 Å². The minimum atomic E-state index is -3.92.